The molecule has 0 N–H and O–H groups in total. The maximum absolute atomic E-state index is 13.7. The molecule has 2 saturated heterocycles. The summed E-state index contributed by atoms with van der Waals surface area (Å²) in [5, 5.41) is 0. The minimum atomic E-state index is -0.437. The Morgan fingerprint density at radius 2 is 2.08 bits per heavy atom. The van der Waals surface area contributed by atoms with Gasteiger partial charge in [0.05, 0.1) is 12.0 Å². The molecule has 0 spiro atoms. The van der Waals surface area contributed by atoms with E-state index in [2.05, 4.69) is 4.98 Å². The fraction of sp³-hybridized carbons (Fsp3) is 0.471. The molecule has 2 aliphatic rings. The summed E-state index contributed by atoms with van der Waals surface area (Å²) in [5.74, 6) is -0.710. The fourth-order valence-electron chi connectivity index (χ4n) is 3.46. The number of benzene rings is 1. The fourth-order valence-corrected chi connectivity index (χ4v) is 3.46. The van der Waals surface area contributed by atoms with Crippen LogP contribution in [-0.4, -0.2) is 66.4 Å². The summed E-state index contributed by atoms with van der Waals surface area (Å²) in [7, 11) is 3.40. The van der Waals surface area contributed by atoms with E-state index in [1.807, 2.05) is 4.90 Å². The van der Waals surface area contributed by atoms with Crippen molar-refractivity contribution < 1.29 is 18.4 Å². The van der Waals surface area contributed by atoms with Crippen molar-refractivity contribution >= 4 is 28.9 Å². The smallest absolute Gasteiger partial charge is 0.298 e. The molecule has 7 nitrogen and oxygen atoms in total. The van der Waals surface area contributed by atoms with Crippen molar-refractivity contribution in [3.05, 3.63) is 24.0 Å². The first-order valence-corrected chi connectivity index (χ1v) is 8.24. The molecule has 2 amide bonds. The van der Waals surface area contributed by atoms with Gasteiger partial charge in [0.15, 0.2) is 11.4 Å². The van der Waals surface area contributed by atoms with Crippen molar-refractivity contribution in [1.29, 1.82) is 0 Å². The van der Waals surface area contributed by atoms with E-state index in [1.54, 1.807) is 31.1 Å². The van der Waals surface area contributed by atoms with Gasteiger partial charge in [-0.05, 0) is 12.1 Å². The summed E-state index contributed by atoms with van der Waals surface area (Å²) in [6.45, 7) is 1.60. The lowest BCUT2D eigenvalue weighted by Gasteiger charge is -2.43. The minimum Gasteiger partial charge on any atom is -0.420 e. The number of carbonyl (C=O) groups excluding carboxylic acids is 2. The number of oxazole rings is 1. The van der Waals surface area contributed by atoms with E-state index < -0.39 is 5.82 Å². The van der Waals surface area contributed by atoms with Gasteiger partial charge in [0.1, 0.15) is 5.52 Å². The number of anilines is 1. The molecule has 2 aliphatic heterocycles. The van der Waals surface area contributed by atoms with Crippen LogP contribution in [0, 0.1) is 11.7 Å². The molecular weight excluding hydrogens is 327 g/mol. The maximum Gasteiger partial charge on any atom is 0.298 e. The zero-order valence-corrected chi connectivity index (χ0v) is 14.1. The molecule has 0 radical (unpaired) electrons. The number of fused-ring (bicyclic) bond motifs is 1. The number of hydrogen-bond donors (Lipinski definition) is 0. The van der Waals surface area contributed by atoms with Gasteiger partial charge < -0.3 is 19.1 Å². The molecule has 132 valence electrons. The third-order valence-electron chi connectivity index (χ3n) is 4.88. The van der Waals surface area contributed by atoms with Crippen molar-refractivity contribution in [2.24, 2.45) is 5.92 Å². The van der Waals surface area contributed by atoms with E-state index in [-0.39, 0.29) is 35.8 Å². The van der Waals surface area contributed by atoms with E-state index in [0.717, 1.165) is 0 Å². The highest BCUT2D eigenvalue weighted by Crippen LogP contribution is 2.31. The molecule has 0 aliphatic carbocycles. The number of carbonyl (C=O) groups is 2. The van der Waals surface area contributed by atoms with Gasteiger partial charge >= 0.3 is 0 Å². The molecule has 1 atom stereocenters. The number of rotatable bonds is 3. The van der Waals surface area contributed by atoms with Crippen LogP contribution in [0.25, 0.3) is 11.1 Å². The number of aromatic nitrogens is 1. The third-order valence-corrected chi connectivity index (χ3v) is 4.88. The number of nitrogens with zero attached hydrogens (tertiary/aromatic N) is 4. The van der Waals surface area contributed by atoms with Gasteiger partial charge in [0, 0.05) is 40.2 Å². The zero-order chi connectivity index (χ0) is 17.7. The van der Waals surface area contributed by atoms with Gasteiger partial charge in [-0.3, -0.25) is 9.59 Å². The molecule has 0 bridgehead atoms. The Bertz CT molecular complexity index is 844. The van der Waals surface area contributed by atoms with Crippen molar-refractivity contribution in [3.63, 3.8) is 0 Å². The number of amides is 2. The van der Waals surface area contributed by atoms with Crippen LogP contribution in [0.5, 0.6) is 0 Å². The lowest BCUT2D eigenvalue weighted by molar-refractivity contribution is -0.133. The molecule has 1 aromatic carbocycles. The van der Waals surface area contributed by atoms with Crippen LogP contribution in [0.2, 0.25) is 0 Å². The first kappa shape index (κ1) is 15.9. The Kier molecular flexibility index (Phi) is 3.63. The van der Waals surface area contributed by atoms with Crippen molar-refractivity contribution in [2.45, 2.75) is 12.5 Å². The average Bonchev–Trinajstić information content (AvgIpc) is 3.10. The van der Waals surface area contributed by atoms with Gasteiger partial charge in [-0.15, -0.1) is 0 Å². The highest BCUT2D eigenvalue weighted by atomic mass is 19.1. The molecule has 1 unspecified atom stereocenters. The molecule has 4 rings (SSSR count). The van der Waals surface area contributed by atoms with E-state index in [0.29, 0.717) is 31.2 Å². The van der Waals surface area contributed by atoms with Crippen LogP contribution in [-0.2, 0) is 9.59 Å². The normalized spacial score (nSPS) is 21.1. The third kappa shape index (κ3) is 2.61. The lowest BCUT2D eigenvalue weighted by Crippen LogP contribution is -2.60. The van der Waals surface area contributed by atoms with E-state index in [4.69, 9.17) is 4.42 Å². The lowest BCUT2D eigenvalue weighted by atomic mass is 10.1. The molecule has 2 aromatic rings. The van der Waals surface area contributed by atoms with Gasteiger partial charge in [0.2, 0.25) is 11.8 Å². The van der Waals surface area contributed by atoms with Crippen LogP contribution in [0.15, 0.2) is 22.6 Å². The van der Waals surface area contributed by atoms with Gasteiger partial charge in [-0.2, -0.15) is 4.98 Å². The first-order chi connectivity index (χ1) is 11.9. The van der Waals surface area contributed by atoms with Crippen LogP contribution in [0.1, 0.15) is 6.42 Å². The topological polar surface area (TPSA) is 69.9 Å². The Balaban J connectivity index is 1.42. The van der Waals surface area contributed by atoms with E-state index in [9.17, 15) is 14.0 Å². The second kappa shape index (κ2) is 5.72. The molecule has 1 aromatic heterocycles. The largest absolute Gasteiger partial charge is 0.420 e. The van der Waals surface area contributed by atoms with Gasteiger partial charge in [-0.25, -0.2) is 4.39 Å². The summed E-state index contributed by atoms with van der Waals surface area (Å²) < 4.78 is 19.2. The summed E-state index contributed by atoms with van der Waals surface area (Å²) in [6.07, 6.45) is 0.265. The average molecular weight is 346 g/mol. The summed E-state index contributed by atoms with van der Waals surface area (Å²) in [6, 6.07) is 5.02. The molecule has 8 heteroatoms. The van der Waals surface area contributed by atoms with Crippen LogP contribution < -0.4 is 4.90 Å². The highest BCUT2D eigenvalue weighted by molar-refractivity contribution is 5.89. The number of halogens is 1. The van der Waals surface area contributed by atoms with Gasteiger partial charge in [-0.1, -0.05) is 6.07 Å². The number of para-hydroxylation sites is 1. The highest BCUT2D eigenvalue weighted by Gasteiger charge is 2.43. The Hall–Kier alpha value is -2.64. The zero-order valence-electron chi connectivity index (χ0n) is 14.1. The van der Waals surface area contributed by atoms with Gasteiger partial charge in [0.25, 0.3) is 6.01 Å². The van der Waals surface area contributed by atoms with Crippen molar-refractivity contribution in [1.82, 2.24) is 14.8 Å². The second-order valence-electron chi connectivity index (χ2n) is 6.82. The van der Waals surface area contributed by atoms with Crippen LogP contribution >= 0.6 is 0 Å². The van der Waals surface area contributed by atoms with Crippen LogP contribution in [0.4, 0.5) is 10.4 Å². The molecule has 0 saturated carbocycles. The molecule has 25 heavy (non-hydrogen) atoms. The first-order valence-electron chi connectivity index (χ1n) is 8.24. The summed E-state index contributed by atoms with van der Waals surface area (Å²) in [5.41, 5.74) is 0.627. The maximum atomic E-state index is 13.7. The quantitative estimate of drug-likeness (QED) is 0.832. The Morgan fingerprint density at radius 1 is 1.32 bits per heavy atom. The van der Waals surface area contributed by atoms with Crippen molar-refractivity contribution in [2.75, 3.05) is 38.6 Å². The summed E-state index contributed by atoms with van der Waals surface area (Å²) in [4.78, 5) is 33.8. The predicted octanol–water partition coefficient (Wildman–Crippen LogP) is 1.09. The van der Waals surface area contributed by atoms with Crippen LogP contribution in [0.3, 0.4) is 0 Å². The summed E-state index contributed by atoms with van der Waals surface area (Å²) >= 11 is 0. The second-order valence-corrected chi connectivity index (χ2v) is 6.82. The molecule has 3 heterocycles. The standard InChI is InChI=1S/C17H19FN4O3/c1-20(2)16(24)10-6-14(23)22(7-10)11-8-21(9-11)17-19-13-5-3-4-12(18)15(13)25-17/h3-5,10-11H,6-9H2,1-2H3. The SMILES string of the molecule is CN(C)C(=O)C1CC(=O)N(C2CN(c3nc4cccc(F)c4o3)C2)C1. The minimum absolute atomic E-state index is 0.00783. The Labute approximate surface area is 144 Å². The molecule has 2 fully saturated rings. The molecular formula is C17H19FN4O3. The van der Waals surface area contributed by atoms with Crippen molar-refractivity contribution in [3.8, 4) is 0 Å². The number of hydrogen-bond acceptors (Lipinski definition) is 5. The monoisotopic (exact) mass is 346 g/mol. The van der Waals surface area contributed by atoms with E-state index in [1.165, 1.54) is 11.0 Å². The predicted molar refractivity (Wildman–Crippen MR) is 88.5 cm³/mol. The number of likely N-dealkylation sites (tertiary alicyclic amines) is 1. The van der Waals surface area contributed by atoms with E-state index >= 15 is 0 Å². The Morgan fingerprint density at radius 3 is 2.76 bits per heavy atom.